The third-order valence-electron chi connectivity index (χ3n) is 6.27. The fourth-order valence-corrected chi connectivity index (χ4v) is 4.34. The maximum atomic E-state index is 13.0. The summed E-state index contributed by atoms with van der Waals surface area (Å²) in [6, 6.07) is 23.8. The van der Waals surface area contributed by atoms with Gasteiger partial charge in [-0.25, -0.2) is 4.79 Å². The summed E-state index contributed by atoms with van der Waals surface area (Å²) in [7, 11) is 0. The van der Waals surface area contributed by atoms with Crippen molar-refractivity contribution in [1.82, 2.24) is 10.6 Å². The lowest BCUT2D eigenvalue weighted by Gasteiger charge is -2.33. The molecule has 3 aromatic rings. The maximum Gasteiger partial charge on any atom is 0.335 e. The molecule has 0 aliphatic carbocycles. The van der Waals surface area contributed by atoms with Crippen molar-refractivity contribution in [3.63, 3.8) is 0 Å². The van der Waals surface area contributed by atoms with Crippen molar-refractivity contribution in [2.75, 3.05) is 18.4 Å². The van der Waals surface area contributed by atoms with Gasteiger partial charge in [0.2, 0.25) is 5.91 Å². The molecule has 3 aromatic carbocycles. The minimum Gasteiger partial charge on any atom is -0.478 e. The second-order valence-corrected chi connectivity index (χ2v) is 8.90. The lowest BCUT2D eigenvalue weighted by Crippen LogP contribution is -2.48. The first-order valence-corrected chi connectivity index (χ1v) is 11.9. The third kappa shape index (κ3) is 7.15. The van der Waals surface area contributed by atoms with Crippen LogP contribution < -0.4 is 20.7 Å². The molecule has 1 fully saturated rings. The molecule has 35 heavy (non-hydrogen) atoms. The van der Waals surface area contributed by atoms with E-state index < -0.39 is 5.97 Å². The molecule has 0 radical (unpaired) electrons. The van der Waals surface area contributed by atoms with Crippen molar-refractivity contribution in [3.8, 4) is 11.5 Å². The second-order valence-electron chi connectivity index (χ2n) is 8.90. The largest absolute Gasteiger partial charge is 0.478 e. The summed E-state index contributed by atoms with van der Waals surface area (Å²) in [4.78, 5) is 24.1. The molecule has 1 amide bonds. The number of hydrogen-bond acceptors (Lipinski definition) is 5. The Hall–Kier alpha value is -3.68. The van der Waals surface area contributed by atoms with Gasteiger partial charge in [-0.2, -0.15) is 0 Å². The zero-order chi connectivity index (χ0) is 24.5. The van der Waals surface area contributed by atoms with Gasteiger partial charge < -0.3 is 25.8 Å². The van der Waals surface area contributed by atoms with Crippen molar-refractivity contribution in [2.45, 2.75) is 37.8 Å². The molecule has 1 aliphatic rings. The number of carboxylic acid groups (broad SMARTS) is 1. The van der Waals surface area contributed by atoms with Crippen LogP contribution in [0.3, 0.4) is 0 Å². The van der Waals surface area contributed by atoms with Gasteiger partial charge in [-0.15, -0.1) is 0 Å². The van der Waals surface area contributed by atoms with Crippen LogP contribution in [0, 0.1) is 0 Å². The Bertz CT molecular complexity index is 1110. The Balaban J connectivity index is 1.37. The van der Waals surface area contributed by atoms with Crippen molar-refractivity contribution in [1.29, 1.82) is 0 Å². The molecule has 4 rings (SSSR count). The Morgan fingerprint density at radius 3 is 2.31 bits per heavy atom. The van der Waals surface area contributed by atoms with Crippen LogP contribution in [0.25, 0.3) is 0 Å². The maximum absolute atomic E-state index is 13.0. The van der Waals surface area contributed by atoms with Gasteiger partial charge in [0.1, 0.15) is 11.5 Å². The first-order valence-electron chi connectivity index (χ1n) is 11.9. The fraction of sp³-hybridized carbons (Fsp3) is 0.286. The molecule has 0 aromatic heterocycles. The van der Waals surface area contributed by atoms with Gasteiger partial charge in [0.15, 0.2) is 0 Å². The van der Waals surface area contributed by atoms with E-state index in [4.69, 9.17) is 9.84 Å². The van der Waals surface area contributed by atoms with E-state index >= 15 is 0 Å². The van der Waals surface area contributed by atoms with E-state index in [0.29, 0.717) is 18.7 Å². The van der Waals surface area contributed by atoms with Gasteiger partial charge in [-0.05, 0) is 86.4 Å². The quantitative estimate of drug-likeness (QED) is 0.356. The van der Waals surface area contributed by atoms with Crippen molar-refractivity contribution in [3.05, 3.63) is 90.0 Å². The number of benzene rings is 3. The monoisotopic (exact) mass is 473 g/mol. The summed E-state index contributed by atoms with van der Waals surface area (Å²) in [6.07, 6.45) is 3.04. The van der Waals surface area contributed by atoms with Crippen LogP contribution in [0.2, 0.25) is 0 Å². The summed E-state index contributed by atoms with van der Waals surface area (Å²) in [5.41, 5.74) is 1.64. The van der Waals surface area contributed by atoms with E-state index in [0.717, 1.165) is 49.4 Å². The standard InChI is InChI=1S/C28H31N3O4/c32-26(31-23-11-13-25(14-12-23)35-24-5-2-1-3-6-24)19-28(15-4-17-29-18-16-28)30-20-21-7-9-22(10-8-21)27(33)34/h1-3,5-14,29-30H,4,15-20H2,(H,31,32)(H,33,34). The van der Waals surface area contributed by atoms with Crippen LogP contribution in [0.15, 0.2) is 78.9 Å². The number of ether oxygens (including phenoxy) is 1. The van der Waals surface area contributed by atoms with E-state index in [2.05, 4.69) is 16.0 Å². The van der Waals surface area contributed by atoms with Crippen molar-refractivity contribution < 1.29 is 19.4 Å². The average molecular weight is 474 g/mol. The summed E-state index contributed by atoms with van der Waals surface area (Å²) >= 11 is 0. The lowest BCUT2D eigenvalue weighted by molar-refractivity contribution is -0.117. The molecule has 1 saturated heterocycles. The zero-order valence-electron chi connectivity index (χ0n) is 19.6. The number of anilines is 1. The first kappa shape index (κ1) is 24.4. The Morgan fingerprint density at radius 1 is 0.886 bits per heavy atom. The smallest absolute Gasteiger partial charge is 0.335 e. The summed E-state index contributed by atoms with van der Waals surface area (Å²) in [5.74, 6) is 0.484. The Labute approximate surface area is 205 Å². The van der Waals surface area contributed by atoms with Gasteiger partial charge in [0.25, 0.3) is 0 Å². The molecule has 7 nitrogen and oxygen atoms in total. The van der Waals surface area contributed by atoms with E-state index in [-0.39, 0.29) is 17.0 Å². The minimum atomic E-state index is -0.938. The van der Waals surface area contributed by atoms with Gasteiger partial charge in [0, 0.05) is 24.2 Å². The molecule has 4 N–H and O–H groups in total. The molecule has 0 saturated carbocycles. The number of carbonyl (C=O) groups is 2. The number of aromatic carboxylic acids is 1. The highest BCUT2D eigenvalue weighted by atomic mass is 16.5. The number of amides is 1. The molecular weight excluding hydrogens is 442 g/mol. The third-order valence-corrected chi connectivity index (χ3v) is 6.27. The number of nitrogens with one attached hydrogen (secondary N) is 3. The summed E-state index contributed by atoms with van der Waals surface area (Å²) in [5, 5.41) is 19.2. The Morgan fingerprint density at radius 2 is 1.60 bits per heavy atom. The van der Waals surface area contributed by atoms with Crippen molar-refractivity contribution >= 4 is 17.6 Å². The SMILES string of the molecule is O=C(CC1(NCc2ccc(C(=O)O)cc2)CCCNCC1)Nc1ccc(Oc2ccccc2)cc1. The van der Waals surface area contributed by atoms with E-state index in [9.17, 15) is 9.59 Å². The molecule has 0 spiro atoms. The van der Waals surface area contributed by atoms with Gasteiger partial charge >= 0.3 is 5.97 Å². The summed E-state index contributed by atoms with van der Waals surface area (Å²) in [6.45, 7) is 2.34. The molecule has 7 heteroatoms. The van der Waals surface area contributed by atoms with E-state index in [1.165, 1.54) is 0 Å². The van der Waals surface area contributed by atoms with Crippen LogP contribution in [0.1, 0.15) is 41.6 Å². The topological polar surface area (TPSA) is 99.7 Å². The first-order chi connectivity index (χ1) is 17.0. The highest BCUT2D eigenvalue weighted by Gasteiger charge is 2.33. The predicted octanol–water partition coefficient (Wildman–Crippen LogP) is 4.81. The lowest BCUT2D eigenvalue weighted by atomic mass is 9.86. The highest BCUT2D eigenvalue weighted by Crippen LogP contribution is 2.27. The van der Waals surface area contributed by atoms with Crippen LogP contribution in [-0.2, 0) is 11.3 Å². The number of hydrogen-bond donors (Lipinski definition) is 4. The van der Waals surface area contributed by atoms with E-state index in [1.807, 2.05) is 66.7 Å². The normalized spacial score (nSPS) is 17.8. The molecule has 182 valence electrons. The molecule has 1 atom stereocenters. The fourth-order valence-electron chi connectivity index (χ4n) is 4.34. The molecule has 1 unspecified atom stereocenters. The molecule has 1 heterocycles. The summed E-state index contributed by atoms with van der Waals surface area (Å²) < 4.78 is 5.82. The average Bonchev–Trinajstić information content (AvgIpc) is 3.10. The van der Waals surface area contributed by atoms with Crippen LogP contribution in [-0.4, -0.2) is 35.6 Å². The van der Waals surface area contributed by atoms with Gasteiger partial charge in [0.05, 0.1) is 5.56 Å². The van der Waals surface area contributed by atoms with Crippen LogP contribution in [0.5, 0.6) is 11.5 Å². The number of para-hydroxylation sites is 1. The highest BCUT2D eigenvalue weighted by molar-refractivity contribution is 5.91. The minimum absolute atomic E-state index is 0.0441. The Kier molecular flexibility index (Phi) is 8.13. The predicted molar refractivity (Wildman–Crippen MR) is 136 cm³/mol. The van der Waals surface area contributed by atoms with E-state index in [1.54, 1.807) is 12.1 Å². The second kappa shape index (κ2) is 11.6. The number of rotatable bonds is 9. The van der Waals surface area contributed by atoms with Gasteiger partial charge in [-0.3, -0.25) is 4.79 Å². The molecule has 1 aliphatic heterocycles. The number of carboxylic acids is 1. The van der Waals surface area contributed by atoms with Crippen LogP contribution >= 0.6 is 0 Å². The molecular formula is C28H31N3O4. The number of carbonyl (C=O) groups excluding carboxylic acids is 1. The molecule has 0 bridgehead atoms. The zero-order valence-corrected chi connectivity index (χ0v) is 19.6. The van der Waals surface area contributed by atoms with Gasteiger partial charge in [-0.1, -0.05) is 30.3 Å². The van der Waals surface area contributed by atoms with Crippen LogP contribution in [0.4, 0.5) is 5.69 Å². The van der Waals surface area contributed by atoms with Crippen molar-refractivity contribution in [2.24, 2.45) is 0 Å².